The van der Waals surface area contributed by atoms with Crippen molar-refractivity contribution in [2.24, 2.45) is 0 Å². The number of nitrogens with one attached hydrogen (secondary N) is 4. The Bertz CT molecular complexity index is 966. The highest BCUT2D eigenvalue weighted by molar-refractivity contribution is 14.1. The number of carbonyl (C=O) groups excluding carboxylic acids is 2. The molecule has 42 heavy (non-hydrogen) atoms. The summed E-state index contributed by atoms with van der Waals surface area (Å²) in [7, 11) is -3.76. The van der Waals surface area contributed by atoms with Crippen LogP contribution in [-0.4, -0.2) is 70.3 Å². The van der Waals surface area contributed by atoms with Crippen LogP contribution < -0.4 is 13.6 Å². The Kier molecular flexibility index (Phi) is 22.3. The number of carboxylic acid groups (broad SMARTS) is 1. The number of aryl methyl sites for hydroxylation is 1. The smallest absolute Gasteiger partial charge is 0.321 e. The summed E-state index contributed by atoms with van der Waals surface area (Å²) in [5, 5.41) is 25.5. The molecule has 0 aromatic carbocycles. The molecule has 242 valence electrons. The number of halogens is 1. The monoisotopic (exact) mass is 727 g/mol. The first kappa shape index (κ1) is 38.1. The van der Waals surface area contributed by atoms with Crippen LogP contribution in [0.2, 0.25) is 0 Å². The van der Waals surface area contributed by atoms with Crippen molar-refractivity contribution >= 4 is 50.7 Å². The van der Waals surface area contributed by atoms with Crippen LogP contribution in [0.25, 0.3) is 0 Å². The van der Waals surface area contributed by atoms with Gasteiger partial charge in [0, 0.05) is 48.7 Å². The first-order valence-corrected chi connectivity index (χ1v) is 18.1. The number of hydrogen-bond donors (Lipinski definition) is 5. The number of tetrazole rings is 1. The van der Waals surface area contributed by atoms with Gasteiger partial charge in [-0.3, -0.25) is 19.1 Å². The molecule has 1 aromatic heterocycles. The fourth-order valence-corrected chi connectivity index (χ4v) is 6.17. The molecule has 1 heterocycles. The van der Waals surface area contributed by atoms with Gasteiger partial charge in [0.2, 0.25) is 21.8 Å². The highest BCUT2D eigenvalue weighted by Gasteiger charge is 2.16. The van der Waals surface area contributed by atoms with E-state index >= 15 is 0 Å². The van der Waals surface area contributed by atoms with Gasteiger partial charge in [-0.1, -0.05) is 70.6 Å². The Labute approximate surface area is 264 Å². The van der Waals surface area contributed by atoms with Crippen LogP contribution in [0.1, 0.15) is 128 Å². The van der Waals surface area contributed by atoms with Crippen LogP contribution in [0, 0.1) is 0 Å². The number of aliphatic carboxylic acids is 1. The maximum absolute atomic E-state index is 12.1. The lowest BCUT2D eigenvalue weighted by atomic mass is 10.0. The molecular formula is C27H50IN7O6S. The number of H-pyrrole nitrogens is 1. The molecule has 0 aliphatic heterocycles. The van der Waals surface area contributed by atoms with E-state index in [1.807, 2.05) is 0 Å². The molecule has 0 saturated heterocycles. The molecule has 0 bridgehead atoms. The third kappa shape index (κ3) is 21.8. The van der Waals surface area contributed by atoms with Crippen LogP contribution >= 0.6 is 22.9 Å². The highest BCUT2D eigenvalue weighted by Crippen LogP contribution is 2.13. The molecule has 13 nitrogen and oxygen atoms in total. The van der Waals surface area contributed by atoms with Gasteiger partial charge >= 0.3 is 5.97 Å². The van der Waals surface area contributed by atoms with E-state index in [1.165, 1.54) is 51.4 Å². The summed E-state index contributed by atoms with van der Waals surface area (Å²) in [6, 6.07) is -0.616. The number of unbranched alkanes of at least 4 members (excludes halogenated alkanes) is 13. The van der Waals surface area contributed by atoms with Crippen LogP contribution in [0.4, 0.5) is 0 Å². The SMILES string of the molecule is O=C(CCCS(=O)(=O)NC(=O)CCCCCCCCCCCCCCCc1nnn[nH]1)NCCCC[C@H](NI)C(=O)O. The second-order valence-electron chi connectivity index (χ2n) is 10.7. The molecule has 0 radical (unpaired) electrons. The van der Waals surface area contributed by atoms with E-state index in [2.05, 4.69) is 34.2 Å². The van der Waals surface area contributed by atoms with E-state index in [1.54, 1.807) is 22.9 Å². The Morgan fingerprint density at radius 1 is 0.786 bits per heavy atom. The number of carbonyl (C=O) groups is 3. The fourth-order valence-electron chi connectivity index (χ4n) is 4.52. The summed E-state index contributed by atoms with van der Waals surface area (Å²) in [4.78, 5) is 34.9. The zero-order chi connectivity index (χ0) is 30.9. The number of amides is 2. The molecule has 15 heteroatoms. The Balaban J connectivity index is 1.90. The summed E-state index contributed by atoms with van der Waals surface area (Å²) in [5.74, 6) is -1.08. The van der Waals surface area contributed by atoms with E-state index in [0.29, 0.717) is 32.2 Å². The molecule has 2 amide bonds. The number of sulfonamides is 1. The molecule has 5 N–H and O–H groups in total. The molecule has 1 atom stereocenters. The van der Waals surface area contributed by atoms with Crippen molar-refractivity contribution in [3.63, 3.8) is 0 Å². The number of hydrogen-bond acceptors (Lipinski definition) is 9. The van der Waals surface area contributed by atoms with Crippen molar-refractivity contribution in [3.8, 4) is 0 Å². The lowest BCUT2D eigenvalue weighted by Gasteiger charge is -2.10. The number of carboxylic acids is 1. The maximum atomic E-state index is 12.1. The molecule has 0 aliphatic carbocycles. The van der Waals surface area contributed by atoms with Crippen molar-refractivity contribution in [1.82, 2.24) is 34.2 Å². The second-order valence-corrected chi connectivity index (χ2v) is 13.2. The molecule has 0 aliphatic rings. The van der Waals surface area contributed by atoms with Gasteiger partial charge in [-0.05, 0) is 49.0 Å². The number of nitrogens with zero attached hydrogens (tertiary/aromatic N) is 3. The third-order valence-corrected chi connectivity index (χ3v) is 9.08. The van der Waals surface area contributed by atoms with Crippen molar-refractivity contribution < 1.29 is 27.9 Å². The summed E-state index contributed by atoms with van der Waals surface area (Å²) in [6.07, 6.45) is 17.9. The number of aromatic nitrogens is 4. The summed E-state index contributed by atoms with van der Waals surface area (Å²) >= 11 is 1.81. The van der Waals surface area contributed by atoms with Crippen LogP contribution in [0.3, 0.4) is 0 Å². The Morgan fingerprint density at radius 2 is 1.36 bits per heavy atom. The molecule has 1 rings (SSSR count). The van der Waals surface area contributed by atoms with Crippen LogP contribution in [-0.2, 0) is 30.8 Å². The predicted octanol–water partition coefficient (Wildman–Crippen LogP) is 4.11. The van der Waals surface area contributed by atoms with Gasteiger partial charge in [0.05, 0.1) is 5.75 Å². The van der Waals surface area contributed by atoms with Crippen molar-refractivity contribution in [1.29, 1.82) is 0 Å². The number of rotatable bonds is 28. The largest absolute Gasteiger partial charge is 0.480 e. The molecule has 0 spiro atoms. The average Bonchev–Trinajstić information content (AvgIpc) is 3.46. The van der Waals surface area contributed by atoms with Crippen molar-refractivity contribution in [2.75, 3.05) is 12.3 Å². The van der Waals surface area contributed by atoms with Crippen molar-refractivity contribution in [2.45, 2.75) is 134 Å². The minimum Gasteiger partial charge on any atom is -0.480 e. The summed E-state index contributed by atoms with van der Waals surface area (Å²) in [5.41, 5.74) is 0. The van der Waals surface area contributed by atoms with Gasteiger partial charge < -0.3 is 10.4 Å². The maximum Gasteiger partial charge on any atom is 0.321 e. The molecular weight excluding hydrogens is 677 g/mol. The zero-order valence-corrected chi connectivity index (χ0v) is 27.7. The van der Waals surface area contributed by atoms with Gasteiger partial charge in [-0.15, -0.1) is 5.10 Å². The van der Waals surface area contributed by atoms with Gasteiger partial charge in [-0.25, -0.2) is 17.0 Å². The van der Waals surface area contributed by atoms with E-state index in [4.69, 9.17) is 5.11 Å². The lowest BCUT2D eigenvalue weighted by Crippen LogP contribution is -2.33. The summed E-state index contributed by atoms with van der Waals surface area (Å²) in [6.45, 7) is 0.405. The lowest BCUT2D eigenvalue weighted by molar-refractivity contribution is -0.139. The van der Waals surface area contributed by atoms with Gasteiger partial charge in [-0.2, -0.15) is 0 Å². The van der Waals surface area contributed by atoms with E-state index in [0.717, 1.165) is 37.9 Å². The third-order valence-electron chi connectivity index (χ3n) is 6.96. The minimum absolute atomic E-state index is 0.0474. The Hall–Kier alpha value is -1.88. The van der Waals surface area contributed by atoms with E-state index in [-0.39, 0.29) is 30.9 Å². The standard InChI is InChI=1S/C27H50IN7O6S/c28-30-23(27(38)39)17-14-15-21-29-25(36)20-16-22-42(40,41)33-26(37)19-13-11-9-7-5-3-1-2-4-6-8-10-12-18-24-31-34-35-32-24/h23,30H,1-22H2,(H,29,36)(H,33,37)(H,38,39)(H,31,32,34,35)/t23-/m0/s1. The molecule has 0 saturated carbocycles. The normalized spacial score (nSPS) is 12.2. The fraction of sp³-hybridized carbons (Fsp3) is 0.852. The first-order chi connectivity index (χ1) is 20.2. The van der Waals surface area contributed by atoms with Crippen LogP contribution in [0.5, 0.6) is 0 Å². The van der Waals surface area contributed by atoms with Gasteiger partial charge in [0.15, 0.2) is 0 Å². The van der Waals surface area contributed by atoms with Gasteiger partial charge in [0.25, 0.3) is 0 Å². The minimum atomic E-state index is -3.76. The molecule has 1 aromatic rings. The van der Waals surface area contributed by atoms with Gasteiger partial charge in [0.1, 0.15) is 11.9 Å². The predicted molar refractivity (Wildman–Crippen MR) is 169 cm³/mol. The molecule has 0 unspecified atom stereocenters. The molecule has 0 fully saturated rings. The zero-order valence-electron chi connectivity index (χ0n) is 24.8. The average molecular weight is 728 g/mol. The van der Waals surface area contributed by atoms with E-state index in [9.17, 15) is 22.8 Å². The quantitative estimate of drug-likeness (QED) is 0.0476. The van der Waals surface area contributed by atoms with Crippen LogP contribution in [0.15, 0.2) is 0 Å². The van der Waals surface area contributed by atoms with E-state index < -0.39 is 27.9 Å². The first-order valence-electron chi connectivity index (χ1n) is 15.3. The second kappa shape index (κ2) is 24.6. The van der Waals surface area contributed by atoms with Crippen molar-refractivity contribution in [3.05, 3.63) is 5.82 Å². The number of aromatic amines is 1. The Morgan fingerprint density at radius 3 is 1.90 bits per heavy atom. The highest BCUT2D eigenvalue weighted by atomic mass is 127. The summed E-state index contributed by atoms with van der Waals surface area (Å²) < 4.78 is 29.1. The topological polar surface area (TPSA) is 196 Å².